The van der Waals surface area contributed by atoms with E-state index in [4.69, 9.17) is 9.47 Å². The molecule has 32 heavy (non-hydrogen) atoms. The van der Waals surface area contributed by atoms with E-state index in [1.165, 1.54) is 5.56 Å². The second-order valence-corrected chi connectivity index (χ2v) is 10.4. The molecule has 2 heterocycles. The summed E-state index contributed by atoms with van der Waals surface area (Å²) in [5, 5.41) is 0. The summed E-state index contributed by atoms with van der Waals surface area (Å²) in [7, 11) is 3.15. The van der Waals surface area contributed by atoms with Gasteiger partial charge in [-0.2, -0.15) is 0 Å². The summed E-state index contributed by atoms with van der Waals surface area (Å²) in [6.45, 7) is 0.847. The number of hydrogen-bond donors (Lipinski definition) is 0. The van der Waals surface area contributed by atoms with Crippen LogP contribution in [0, 0.1) is 5.92 Å². The van der Waals surface area contributed by atoms with Crippen LogP contribution in [0.4, 0.5) is 4.39 Å². The van der Waals surface area contributed by atoms with Gasteiger partial charge in [0, 0.05) is 34.6 Å². The third-order valence-electron chi connectivity index (χ3n) is 7.61. The normalized spacial score (nSPS) is 29.2. The van der Waals surface area contributed by atoms with Gasteiger partial charge >= 0.3 is 0 Å². The van der Waals surface area contributed by atoms with Crippen molar-refractivity contribution in [2.24, 2.45) is 5.92 Å². The summed E-state index contributed by atoms with van der Waals surface area (Å²) < 4.78 is 28.1. The Morgan fingerprint density at radius 3 is 2.41 bits per heavy atom. The van der Waals surface area contributed by atoms with E-state index in [1.807, 2.05) is 12.1 Å². The highest BCUT2D eigenvalue weighted by Gasteiger charge is 2.50. The predicted molar refractivity (Wildman–Crippen MR) is 125 cm³/mol. The molecular formula is C26H29BrFNO3. The zero-order valence-corrected chi connectivity index (χ0v) is 20.2. The summed E-state index contributed by atoms with van der Waals surface area (Å²) in [6, 6.07) is 12.4. The molecule has 6 heteroatoms. The lowest BCUT2D eigenvalue weighted by molar-refractivity contribution is -0.00660. The fraction of sp³-hybridized carbons (Fsp3) is 0.500. The number of fused-ring (bicyclic) bond motifs is 3. The van der Waals surface area contributed by atoms with Crippen LogP contribution in [0.5, 0.6) is 11.5 Å². The van der Waals surface area contributed by atoms with E-state index in [-0.39, 0.29) is 23.8 Å². The highest BCUT2D eigenvalue weighted by atomic mass is 79.9. The minimum atomic E-state index is -1.28. The van der Waals surface area contributed by atoms with Crippen LogP contribution in [0.1, 0.15) is 53.6 Å². The maximum atomic E-state index is 16.2. The number of Topliss-reactive ketones (excluding diaryl/α,β-unsaturated/α-hetero) is 1. The molecule has 2 bridgehead atoms. The SMILES string of the molecule is COc1cc2c(cc1OC)C(=O)C(CC1(F)CC3CCC(C1)N3Cc1ccccc1Br)C2. The Bertz CT molecular complexity index is 1030. The first-order valence-corrected chi connectivity index (χ1v) is 12.2. The number of halogens is 2. The van der Waals surface area contributed by atoms with E-state index >= 15 is 4.39 Å². The van der Waals surface area contributed by atoms with Crippen molar-refractivity contribution in [1.82, 2.24) is 4.90 Å². The number of carbonyl (C=O) groups excluding carboxylic acids is 1. The molecule has 2 fully saturated rings. The van der Waals surface area contributed by atoms with Gasteiger partial charge in [-0.05, 0) is 67.9 Å². The number of methoxy groups -OCH3 is 2. The van der Waals surface area contributed by atoms with Gasteiger partial charge in [-0.25, -0.2) is 4.39 Å². The van der Waals surface area contributed by atoms with Crippen molar-refractivity contribution >= 4 is 21.7 Å². The van der Waals surface area contributed by atoms with Gasteiger partial charge in [0.15, 0.2) is 17.3 Å². The third-order valence-corrected chi connectivity index (χ3v) is 8.38. The predicted octanol–water partition coefficient (Wildman–Crippen LogP) is 5.75. The fourth-order valence-corrected chi connectivity index (χ4v) is 6.54. The van der Waals surface area contributed by atoms with Crippen molar-refractivity contribution in [3.63, 3.8) is 0 Å². The van der Waals surface area contributed by atoms with Crippen LogP contribution in [0.25, 0.3) is 0 Å². The molecule has 3 atom stereocenters. The Labute approximate surface area is 197 Å². The molecule has 2 aliphatic heterocycles. The van der Waals surface area contributed by atoms with E-state index in [0.29, 0.717) is 42.7 Å². The first-order valence-electron chi connectivity index (χ1n) is 11.4. The molecule has 0 aromatic heterocycles. The van der Waals surface area contributed by atoms with Crippen LogP contribution >= 0.6 is 15.9 Å². The molecule has 5 rings (SSSR count). The van der Waals surface area contributed by atoms with Gasteiger partial charge < -0.3 is 9.47 Å². The van der Waals surface area contributed by atoms with Gasteiger partial charge in [0.25, 0.3) is 0 Å². The topological polar surface area (TPSA) is 38.8 Å². The van der Waals surface area contributed by atoms with Gasteiger partial charge in [0.2, 0.25) is 0 Å². The first kappa shape index (κ1) is 21.9. The van der Waals surface area contributed by atoms with E-state index in [2.05, 4.69) is 39.0 Å². The summed E-state index contributed by atoms with van der Waals surface area (Å²) >= 11 is 3.65. The standard InChI is InChI=1S/C26H29BrFNO3/c1-31-23-10-17-9-18(25(30)21(17)11-24(23)32-2)12-26(28)13-19-7-8-20(14-26)29(19)15-16-5-3-4-6-22(16)27/h3-6,10-11,18-20H,7-9,12-15H2,1-2H3. The van der Waals surface area contributed by atoms with E-state index in [1.54, 1.807) is 20.3 Å². The third kappa shape index (κ3) is 3.86. The summed E-state index contributed by atoms with van der Waals surface area (Å²) in [5.74, 6) is 0.906. The number of nitrogens with zero attached hydrogens (tertiary/aromatic N) is 1. The molecule has 2 aromatic carbocycles. The number of benzene rings is 2. The van der Waals surface area contributed by atoms with Crippen LogP contribution in [0.15, 0.2) is 40.9 Å². The Hall–Kier alpha value is -1.92. The Balaban J connectivity index is 1.30. The molecular weight excluding hydrogens is 473 g/mol. The summed E-state index contributed by atoms with van der Waals surface area (Å²) in [4.78, 5) is 15.6. The smallest absolute Gasteiger partial charge is 0.166 e. The molecule has 3 unspecified atom stereocenters. The van der Waals surface area contributed by atoms with E-state index in [9.17, 15) is 4.79 Å². The second kappa shape index (κ2) is 8.45. The van der Waals surface area contributed by atoms with Gasteiger partial charge in [-0.15, -0.1) is 0 Å². The Morgan fingerprint density at radius 1 is 1.09 bits per heavy atom. The van der Waals surface area contributed by atoms with Gasteiger partial charge in [0.1, 0.15) is 5.67 Å². The monoisotopic (exact) mass is 501 g/mol. The molecule has 1 aliphatic carbocycles. The van der Waals surface area contributed by atoms with E-state index in [0.717, 1.165) is 29.4 Å². The molecule has 2 saturated heterocycles. The maximum absolute atomic E-state index is 16.2. The van der Waals surface area contributed by atoms with Crippen LogP contribution in [-0.4, -0.2) is 42.7 Å². The highest BCUT2D eigenvalue weighted by molar-refractivity contribution is 9.10. The van der Waals surface area contributed by atoms with E-state index < -0.39 is 5.67 Å². The molecule has 4 nitrogen and oxygen atoms in total. The lowest BCUT2D eigenvalue weighted by Gasteiger charge is -2.43. The number of alkyl halides is 1. The number of rotatable bonds is 6. The number of carbonyl (C=O) groups is 1. The number of piperidine rings is 1. The second-order valence-electron chi connectivity index (χ2n) is 9.54. The van der Waals surface area contributed by atoms with Crippen molar-refractivity contribution in [2.75, 3.05) is 14.2 Å². The molecule has 0 N–H and O–H groups in total. The first-order chi connectivity index (χ1) is 15.4. The lowest BCUT2D eigenvalue weighted by atomic mass is 9.79. The number of hydrogen-bond acceptors (Lipinski definition) is 4. The van der Waals surface area contributed by atoms with Crippen LogP contribution in [0.3, 0.4) is 0 Å². The lowest BCUT2D eigenvalue weighted by Crippen LogP contribution is -2.49. The van der Waals surface area contributed by atoms with Gasteiger partial charge in [0.05, 0.1) is 14.2 Å². The molecule has 0 spiro atoms. The van der Waals surface area contributed by atoms with Gasteiger partial charge in [-0.1, -0.05) is 34.1 Å². The average molecular weight is 502 g/mol. The Kier molecular flexibility index (Phi) is 5.79. The fourth-order valence-electron chi connectivity index (χ4n) is 6.13. The van der Waals surface area contributed by atoms with Crippen molar-refractivity contribution in [1.29, 1.82) is 0 Å². The van der Waals surface area contributed by atoms with Crippen molar-refractivity contribution in [3.8, 4) is 11.5 Å². The Morgan fingerprint density at radius 2 is 1.75 bits per heavy atom. The van der Waals surface area contributed by atoms with Crippen molar-refractivity contribution < 1.29 is 18.7 Å². The summed E-state index contributed by atoms with van der Waals surface area (Å²) in [5.41, 5.74) is 1.56. The zero-order chi connectivity index (χ0) is 22.5. The molecule has 170 valence electrons. The molecule has 3 aliphatic rings. The highest BCUT2D eigenvalue weighted by Crippen LogP contribution is 2.48. The van der Waals surface area contributed by atoms with Crippen molar-refractivity contribution in [2.45, 2.75) is 62.8 Å². The molecule has 0 amide bonds. The van der Waals surface area contributed by atoms with Crippen LogP contribution in [-0.2, 0) is 13.0 Å². The maximum Gasteiger partial charge on any atom is 0.166 e. The van der Waals surface area contributed by atoms with Crippen LogP contribution < -0.4 is 9.47 Å². The largest absolute Gasteiger partial charge is 0.493 e. The van der Waals surface area contributed by atoms with Gasteiger partial charge in [-0.3, -0.25) is 9.69 Å². The minimum Gasteiger partial charge on any atom is -0.493 e. The zero-order valence-electron chi connectivity index (χ0n) is 18.6. The molecule has 2 aromatic rings. The molecule has 0 radical (unpaired) electrons. The summed E-state index contributed by atoms with van der Waals surface area (Å²) in [6.07, 6.45) is 3.99. The van der Waals surface area contributed by atoms with Crippen LogP contribution in [0.2, 0.25) is 0 Å². The molecule has 0 saturated carbocycles. The number of ether oxygens (including phenoxy) is 2. The quantitative estimate of drug-likeness (QED) is 0.505. The van der Waals surface area contributed by atoms with Crippen molar-refractivity contribution in [3.05, 3.63) is 57.6 Å². The number of ketones is 1. The minimum absolute atomic E-state index is 0.0426. The average Bonchev–Trinajstić information content (AvgIpc) is 3.21.